The Hall–Kier alpha value is -3.63. The van der Waals surface area contributed by atoms with E-state index in [1.807, 2.05) is 0 Å². The smallest absolute Gasteiger partial charge is 0.336 e. The van der Waals surface area contributed by atoms with Crippen LogP contribution in [0.3, 0.4) is 0 Å². The molecule has 1 aromatic carbocycles. The Morgan fingerprint density at radius 3 is 2.47 bits per heavy atom. The summed E-state index contributed by atoms with van der Waals surface area (Å²) in [5.41, 5.74) is 0.177. The molecule has 160 valence electrons. The molecular formula is C19H20N2O9. The SMILES string of the molecule is COC(=O)C1=C(C)N=C(C)C(C(=O)OC)C1c1cc2c(c(OC)c1[N+](=O)[O-])OCO2. The molecule has 0 N–H and O–H groups in total. The predicted octanol–water partition coefficient (Wildman–Crippen LogP) is 2.13. The van der Waals surface area contributed by atoms with Crippen molar-refractivity contribution in [2.45, 2.75) is 19.8 Å². The van der Waals surface area contributed by atoms with Crippen LogP contribution in [0.2, 0.25) is 0 Å². The predicted molar refractivity (Wildman–Crippen MR) is 102 cm³/mol. The second-order valence-electron chi connectivity index (χ2n) is 6.56. The molecule has 0 amide bonds. The van der Waals surface area contributed by atoms with E-state index in [4.69, 9.17) is 23.7 Å². The number of hydrogen-bond acceptors (Lipinski definition) is 10. The van der Waals surface area contributed by atoms with Gasteiger partial charge >= 0.3 is 17.6 Å². The quantitative estimate of drug-likeness (QED) is 0.398. The van der Waals surface area contributed by atoms with Crippen LogP contribution in [0.1, 0.15) is 25.3 Å². The number of rotatable bonds is 5. The summed E-state index contributed by atoms with van der Waals surface area (Å²) in [6, 6.07) is 1.37. The molecule has 2 atom stereocenters. The van der Waals surface area contributed by atoms with Gasteiger partial charge in [-0.1, -0.05) is 0 Å². The minimum Gasteiger partial charge on any atom is -0.487 e. The molecule has 11 heteroatoms. The molecule has 0 aliphatic carbocycles. The zero-order valence-corrected chi connectivity index (χ0v) is 17.0. The fourth-order valence-corrected chi connectivity index (χ4v) is 3.82. The highest BCUT2D eigenvalue weighted by molar-refractivity contribution is 6.07. The van der Waals surface area contributed by atoms with Gasteiger partial charge in [-0.2, -0.15) is 0 Å². The maximum Gasteiger partial charge on any atom is 0.336 e. The summed E-state index contributed by atoms with van der Waals surface area (Å²) in [6.45, 7) is 2.99. The van der Waals surface area contributed by atoms with E-state index in [0.29, 0.717) is 5.71 Å². The van der Waals surface area contributed by atoms with Crippen LogP contribution in [0.25, 0.3) is 0 Å². The van der Waals surface area contributed by atoms with Crippen LogP contribution in [-0.2, 0) is 19.1 Å². The number of esters is 2. The van der Waals surface area contributed by atoms with Crippen molar-refractivity contribution in [1.82, 2.24) is 0 Å². The van der Waals surface area contributed by atoms with E-state index in [0.717, 1.165) is 0 Å². The summed E-state index contributed by atoms with van der Waals surface area (Å²) >= 11 is 0. The van der Waals surface area contributed by atoms with Crippen LogP contribution in [0, 0.1) is 16.0 Å². The van der Waals surface area contributed by atoms with Crippen molar-refractivity contribution < 1.29 is 38.2 Å². The van der Waals surface area contributed by atoms with Gasteiger partial charge in [-0.15, -0.1) is 0 Å². The minimum absolute atomic E-state index is 0.00233. The standard InChI is InChI=1S/C19H20N2O9/c1-8-12(18(22)27-4)14(13(9(2)20-8)19(23)28-5)10-6-11-16(30-7-29-11)17(26-3)15(10)21(24)25/h6,12,14H,7H2,1-5H3. The molecule has 0 fully saturated rings. The number of benzene rings is 1. The van der Waals surface area contributed by atoms with Gasteiger partial charge in [0.25, 0.3) is 0 Å². The van der Waals surface area contributed by atoms with Crippen molar-refractivity contribution in [3.05, 3.63) is 33.0 Å². The Kier molecular flexibility index (Phi) is 5.63. The number of nitro benzene ring substituents is 1. The van der Waals surface area contributed by atoms with Crippen molar-refractivity contribution in [3.63, 3.8) is 0 Å². The molecule has 0 saturated carbocycles. The monoisotopic (exact) mass is 420 g/mol. The van der Waals surface area contributed by atoms with Crippen LogP contribution in [-0.4, -0.2) is 50.7 Å². The molecule has 11 nitrogen and oxygen atoms in total. The van der Waals surface area contributed by atoms with Gasteiger partial charge in [-0.25, -0.2) is 4.79 Å². The van der Waals surface area contributed by atoms with Crippen molar-refractivity contribution in [1.29, 1.82) is 0 Å². The summed E-state index contributed by atoms with van der Waals surface area (Å²) in [5.74, 6) is -3.60. The van der Waals surface area contributed by atoms with E-state index in [-0.39, 0.29) is 40.9 Å². The minimum atomic E-state index is -1.12. The van der Waals surface area contributed by atoms with E-state index < -0.39 is 34.4 Å². The van der Waals surface area contributed by atoms with Crippen molar-refractivity contribution in [2.24, 2.45) is 10.9 Å². The third-order valence-electron chi connectivity index (χ3n) is 5.03. The third kappa shape index (κ3) is 3.21. The van der Waals surface area contributed by atoms with Gasteiger partial charge in [0, 0.05) is 22.9 Å². The molecule has 2 unspecified atom stereocenters. The maximum absolute atomic E-state index is 12.7. The lowest BCUT2D eigenvalue weighted by molar-refractivity contribution is -0.386. The molecule has 1 aromatic rings. The number of carbonyl (C=O) groups is 2. The average Bonchev–Trinajstić information content (AvgIpc) is 3.18. The average molecular weight is 420 g/mol. The van der Waals surface area contributed by atoms with Crippen LogP contribution in [0.5, 0.6) is 17.2 Å². The lowest BCUT2D eigenvalue weighted by atomic mass is 9.75. The van der Waals surface area contributed by atoms with Crippen LogP contribution in [0.4, 0.5) is 5.69 Å². The Bertz CT molecular complexity index is 996. The number of fused-ring (bicyclic) bond motifs is 1. The Morgan fingerprint density at radius 2 is 1.90 bits per heavy atom. The second-order valence-corrected chi connectivity index (χ2v) is 6.56. The number of hydrogen-bond donors (Lipinski definition) is 0. The highest BCUT2D eigenvalue weighted by Crippen LogP contribution is 2.53. The number of aliphatic imine (C=N–C) groups is 1. The first-order valence-electron chi connectivity index (χ1n) is 8.83. The van der Waals surface area contributed by atoms with Crippen molar-refractivity contribution in [2.75, 3.05) is 28.1 Å². The summed E-state index contributed by atoms with van der Waals surface area (Å²) in [7, 11) is 3.61. The molecule has 0 aromatic heterocycles. The molecular weight excluding hydrogens is 400 g/mol. The molecule has 30 heavy (non-hydrogen) atoms. The van der Waals surface area contributed by atoms with Crippen LogP contribution < -0.4 is 14.2 Å². The molecule has 2 aliphatic rings. The zero-order chi connectivity index (χ0) is 22.2. The normalized spacial score (nSPS) is 19.8. The summed E-state index contributed by atoms with van der Waals surface area (Å²) in [5, 5.41) is 12.0. The fraction of sp³-hybridized carbons (Fsp3) is 0.421. The lowest BCUT2D eigenvalue weighted by Crippen LogP contribution is -2.36. The van der Waals surface area contributed by atoms with Gasteiger partial charge in [0.15, 0.2) is 5.75 Å². The molecule has 0 saturated heterocycles. The number of nitro groups is 1. The molecule has 0 spiro atoms. The van der Waals surface area contributed by atoms with Gasteiger partial charge in [0.1, 0.15) is 5.92 Å². The zero-order valence-electron chi connectivity index (χ0n) is 17.0. The molecule has 2 heterocycles. The summed E-state index contributed by atoms with van der Waals surface area (Å²) < 4.78 is 25.8. The Balaban J connectivity index is 2.39. The highest BCUT2D eigenvalue weighted by atomic mass is 16.7. The van der Waals surface area contributed by atoms with Gasteiger partial charge in [-0.05, 0) is 19.9 Å². The van der Waals surface area contributed by atoms with E-state index in [1.165, 1.54) is 27.4 Å². The largest absolute Gasteiger partial charge is 0.487 e. The topological polar surface area (TPSA) is 136 Å². The van der Waals surface area contributed by atoms with Gasteiger partial charge < -0.3 is 23.7 Å². The number of nitrogens with zero attached hydrogens (tertiary/aromatic N) is 2. The van der Waals surface area contributed by atoms with Crippen molar-refractivity contribution >= 4 is 23.3 Å². The molecule has 3 rings (SSSR count). The van der Waals surface area contributed by atoms with E-state index in [2.05, 4.69) is 4.99 Å². The van der Waals surface area contributed by atoms with E-state index in [9.17, 15) is 19.7 Å². The van der Waals surface area contributed by atoms with E-state index >= 15 is 0 Å². The highest BCUT2D eigenvalue weighted by Gasteiger charge is 2.47. The van der Waals surface area contributed by atoms with E-state index in [1.54, 1.807) is 13.8 Å². The Labute approximate surface area is 171 Å². The third-order valence-corrected chi connectivity index (χ3v) is 5.03. The first kappa shape index (κ1) is 21.1. The summed E-state index contributed by atoms with van der Waals surface area (Å²) in [4.78, 5) is 41.0. The van der Waals surface area contributed by atoms with Gasteiger partial charge in [0.2, 0.25) is 18.3 Å². The number of ether oxygens (including phenoxy) is 5. The Morgan fingerprint density at radius 1 is 1.20 bits per heavy atom. The van der Waals surface area contributed by atoms with Gasteiger partial charge in [-0.3, -0.25) is 19.9 Å². The molecule has 0 radical (unpaired) electrons. The number of methoxy groups -OCH3 is 3. The van der Waals surface area contributed by atoms with Crippen molar-refractivity contribution in [3.8, 4) is 17.2 Å². The molecule has 0 bridgehead atoms. The first-order valence-corrected chi connectivity index (χ1v) is 8.83. The van der Waals surface area contributed by atoms with Gasteiger partial charge in [0.05, 0.1) is 31.8 Å². The summed E-state index contributed by atoms with van der Waals surface area (Å²) in [6.07, 6.45) is 0. The first-order chi connectivity index (χ1) is 14.3. The fourth-order valence-electron chi connectivity index (χ4n) is 3.82. The maximum atomic E-state index is 12.7. The number of allylic oxidation sites excluding steroid dienone is 1. The second kappa shape index (κ2) is 8.01. The number of carbonyl (C=O) groups excluding carboxylic acids is 2. The lowest BCUT2D eigenvalue weighted by Gasteiger charge is -2.31. The van der Waals surface area contributed by atoms with Crippen LogP contribution in [0.15, 0.2) is 22.3 Å². The van der Waals surface area contributed by atoms with Crippen LogP contribution >= 0.6 is 0 Å². The molecule has 2 aliphatic heterocycles.